The highest BCUT2D eigenvalue weighted by molar-refractivity contribution is 7.17. The zero-order valence-corrected chi connectivity index (χ0v) is 15.3. The molecule has 3 heterocycles. The molecule has 8 heteroatoms. The van der Waals surface area contributed by atoms with Crippen molar-refractivity contribution in [2.24, 2.45) is 0 Å². The van der Waals surface area contributed by atoms with Crippen molar-refractivity contribution in [3.05, 3.63) is 51.0 Å². The normalized spacial score (nSPS) is 14.3. The van der Waals surface area contributed by atoms with Crippen LogP contribution in [0, 0.1) is 5.82 Å². The third kappa shape index (κ3) is 3.01. The van der Waals surface area contributed by atoms with Crippen molar-refractivity contribution >= 4 is 38.9 Å². The number of rotatable bonds is 3. The lowest BCUT2D eigenvalue weighted by Gasteiger charge is -2.15. The Bertz CT molecular complexity index is 1060. The van der Waals surface area contributed by atoms with Gasteiger partial charge in [0.1, 0.15) is 12.4 Å². The van der Waals surface area contributed by atoms with Crippen molar-refractivity contribution in [3.63, 3.8) is 0 Å². The topological polar surface area (TPSA) is 55.2 Å². The van der Waals surface area contributed by atoms with Crippen LogP contribution < -0.4 is 5.56 Å². The molecule has 3 aromatic rings. The van der Waals surface area contributed by atoms with Crippen molar-refractivity contribution in [3.8, 4) is 11.1 Å². The van der Waals surface area contributed by atoms with Crippen LogP contribution in [0.2, 0.25) is 5.02 Å². The van der Waals surface area contributed by atoms with Crippen LogP contribution in [0.25, 0.3) is 21.2 Å². The molecule has 1 fully saturated rings. The van der Waals surface area contributed by atoms with Gasteiger partial charge in [0.05, 0.1) is 21.3 Å². The van der Waals surface area contributed by atoms with Crippen LogP contribution in [0.3, 0.4) is 0 Å². The molecule has 0 N–H and O–H groups in total. The van der Waals surface area contributed by atoms with Gasteiger partial charge in [0.25, 0.3) is 5.56 Å². The minimum absolute atomic E-state index is 0.0311. The van der Waals surface area contributed by atoms with Crippen LogP contribution in [0.15, 0.2) is 34.6 Å². The number of benzene rings is 1. The summed E-state index contributed by atoms with van der Waals surface area (Å²) in [6, 6.07) is 4.45. The highest BCUT2D eigenvalue weighted by atomic mass is 35.5. The number of halogens is 2. The van der Waals surface area contributed by atoms with E-state index in [1.54, 1.807) is 22.5 Å². The highest BCUT2D eigenvalue weighted by Crippen LogP contribution is 2.32. The SMILES string of the molecule is O=C(Cn1ncc2scc(-c3ccc(Cl)c(F)c3)c2c1=O)N1CCCC1. The minimum Gasteiger partial charge on any atom is -0.341 e. The molecular weight excluding hydrogens is 377 g/mol. The van der Waals surface area contributed by atoms with Gasteiger partial charge in [-0.1, -0.05) is 17.7 Å². The quantitative estimate of drug-likeness (QED) is 0.686. The number of hydrogen-bond acceptors (Lipinski definition) is 4. The average molecular weight is 392 g/mol. The first-order chi connectivity index (χ1) is 12.5. The minimum atomic E-state index is -0.540. The molecule has 1 aliphatic rings. The molecule has 1 amide bonds. The zero-order chi connectivity index (χ0) is 18.3. The van der Waals surface area contributed by atoms with E-state index in [0.29, 0.717) is 21.2 Å². The van der Waals surface area contributed by atoms with Crippen molar-refractivity contribution < 1.29 is 9.18 Å². The number of fused-ring (bicyclic) bond motifs is 1. The van der Waals surface area contributed by atoms with Crippen LogP contribution >= 0.6 is 22.9 Å². The largest absolute Gasteiger partial charge is 0.341 e. The summed E-state index contributed by atoms with van der Waals surface area (Å²) in [5.41, 5.74) is 0.843. The summed E-state index contributed by atoms with van der Waals surface area (Å²) in [5, 5.41) is 6.40. The fourth-order valence-corrected chi connectivity index (χ4v) is 4.21. The monoisotopic (exact) mass is 391 g/mol. The Labute approximate surface area is 157 Å². The molecule has 5 nitrogen and oxygen atoms in total. The molecule has 1 saturated heterocycles. The van der Waals surface area contributed by atoms with E-state index in [9.17, 15) is 14.0 Å². The van der Waals surface area contributed by atoms with E-state index < -0.39 is 5.82 Å². The van der Waals surface area contributed by atoms with Crippen LogP contribution in [-0.2, 0) is 11.3 Å². The van der Waals surface area contributed by atoms with Gasteiger partial charge in [-0.2, -0.15) is 5.10 Å². The molecule has 4 rings (SSSR count). The van der Waals surface area contributed by atoms with Crippen LogP contribution in [-0.4, -0.2) is 33.7 Å². The number of thiophene rings is 1. The molecule has 0 unspecified atom stereocenters. The molecule has 134 valence electrons. The van der Waals surface area contributed by atoms with Gasteiger partial charge in [0.2, 0.25) is 5.91 Å². The average Bonchev–Trinajstić information content (AvgIpc) is 3.29. The van der Waals surface area contributed by atoms with Crippen molar-refractivity contribution in [1.82, 2.24) is 14.7 Å². The second-order valence-electron chi connectivity index (χ2n) is 6.21. The van der Waals surface area contributed by atoms with Crippen LogP contribution in [0.5, 0.6) is 0 Å². The summed E-state index contributed by atoms with van der Waals surface area (Å²) in [4.78, 5) is 27.0. The second kappa shape index (κ2) is 6.81. The van der Waals surface area contributed by atoms with E-state index in [-0.39, 0.29) is 23.0 Å². The lowest BCUT2D eigenvalue weighted by atomic mass is 10.1. The number of nitrogens with zero attached hydrogens (tertiary/aromatic N) is 3. The number of hydrogen-bond donors (Lipinski definition) is 0. The summed E-state index contributed by atoms with van der Waals surface area (Å²) in [7, 11) is 0. The van der Waals surface area contributed by atoms with Crippen molar-refractivity contribution in [1.29, 1.82) is 0 Å². The van der Waals surface area contributed by atoms with Gasteiger partial charge >= 0.3 is 0 Å². The number of carbonyl (C=O) groups is 1. The van der Waals surface area contributed by atoms with Gasteiger partial charge in [0, 0.05) is 24.0 Å². The molecule has 0 aliphatic carbocycles. The molecule has 1 aliphatic heterocycles. The van der Waals surface area contributed by atoms with Gasteiger partial charge in [-0.3, -0.25) is 9.59 Å². The predicted octanol–water partition coefficient (Wildman–Crippen LogP) is 3.54. The molecule has 1 aromatic carbocycles. The Kier molecular flexibility index (Phi) is 4.50. The Morgan fingerprint density at radius 2 is 2.08 bits per heavy atom. The molecule has 0 atom stereocenters. The van der Waals surface area contributed by atoms with E-state index >= 15 is 0 Å². The maximum Gasteiger partial charge on any atom is 0.276 e. The summed E-state index contributed by atoms with van der Waals surface area (Å²) in [5.74, 6) is -0.645. The second-order valence-corrected chi connectivity index (χ2v) is 7.53. The summed E-state index contributed by atoms with van der Waals surface area (Å²) < 4.78 is 15.7. The molecule has 0 bridgehead atoms. The number of carbonyl (C=O) groups excluding carboxylic acids is 1. The smallest absolute Gasteiger partial charge is 0.276 e. The maximum atomic E-state index is 13.8. The first kappa shape index (κ1) is 17.2. The van der Waals surface area contributed by atoms with Crippen molar-refractivity contribution in [2.45, 2.75) is 19.4 Å². The third-order valence-electron chi connectivity index (χ3n) is 4.56. The van der Waals surface area contributed by atoms with E-state index in [0.717, 1.165) is 25.9 Å². The summed E-state index contributed by atoms with van der Waals surface area (Å²) >= 11 is 7.11. The molecule has 2 aromatic heterocycles. The first-order valence-electron chi connectivity index (χ1n) is 8.25. The van der Waals surface area contributed by atoms with Crippen molar-refractivity contribution in [2.75, 3.05) is 13.1 Å². The van der Waals surface area contributed by atoms with Gasteiger partial charge < -0.3 is 4.90 Å². The van der Waals surface area contributed by atoms with Gasteiger partial charge in [0.15, 0.2) is 0 Å². The number of aromatic nitrogens is 2. The van der Waals surface area contributed by atoms with Crippen LogP contribution in [0.4, 0.5) is 4.39 Å². The molecule has 26 heavy (non-hydrogen) atoms. The fraction of sp³-hybridized carbons (Fsp3) is 0.278. The summed E-state index contributed by atoms with van der Waals surface area (Å²) in [6.07, 6.45) is 3.56. The Morgan fingerprint density at radius 3 is 2.81 bits per heavy atom. The molecule has 0 radical (unpaired) electrons. The molecule has 0 saturated carbocycles. The number of amides is 1. The lowest BCUT2D eigenvalue weighted by molar-refractivity contribution is -0.131. The Hall–Kier alpha value is -2.25. The zero-order valence-electron chi connectivity index (χ0n) is 13.7. The van der Waals surface area contributed by atoms with E-state index in [1.807, 2.05) is 0 Å². The van der Waals surface area contributed by atoms with Gasteiger partial charge in [-0.15, -0.1) is 11.3 Å². The van der Waals surface area contributed by atoms with Crippen LogP contribution in [0.1, 0.15) is 12.8 Å². The van der Waals surface area contributed by atoms with E-state index in [4.69, 9.17) is 11.6 Å². The van der Waals surface area contributed by atoms with E-state index in [1.165, 1.54) is 28.2 Å². The molecular formula is C18H15ClFN3O2S. The van der Waals surface area contributed by atoms with Gasteiger partial charge in [-0.05, 0) is 30.5 Å². The fourth-order valence-electron chi connectivity index (χ4n) is 3.18. The standard InChI is InChI=1S/C18H15ClFN3O2S/c19-13-4-3-11(7-14(13)20)12-10-26-15-8-21-23(18(25)17(12)15)9-16(24)22-5-1-2-6-22/h3-4,7-8,10H,1-2,5-6,9H2. The third-order valence-corrected chi connectivity index (χ3v) is 5.78. The first-order valence-corrected chi connectivity index (χ1v) is 9.51. The number of likely N-dealkylation sites (tertiary alicyclic amines) is 1. The van der Waals surface area contributed by atoms with E-state index in [2.05, 4.69) is 5.10 Å². The Balaban J connectivity index is 1.75. The lowest BCUT2D eigenvalue weighted by Crippen LogP contribution is -2.35. The molecule has 0 spiro atoms. The van der Waals surface area contributed by atoms with Gasteiger partial charge in [-0.25, -0.2) is 9.07 Å². The summed E-state index contributed by atoms with van der Waals surface area (Å²) in [6.45, 7) is 1.37. The highest BCUT2D eigenvalue weighted by Gasteiger charge is 2.20. The Morgan fingerprint density at radius 1 is 1.31 bits per heavy atom. The predicted molar refractivity (Wildman–Crippen MR) is 100 cm³/mol. The maximum absolute atomic E-state index is 13.8.